The number of hydrogen-bond donors (Lipinski definition) is 0. The smallest absolute Gasteiger partial charge is 0.137 e. The lowest BCUT2D eigenvalue weighted by Gasteiger charge is -2.10. The van der Waals surface area contributed by atoms with Gasteiger partial charge in [0.25, 0.3) is 0 Å². The average molecular weight is 232 g/mol. The van der Waals surface area contributed by atoms with Gasteiger partial charge in [-0.2, -0.15) is 0 Å². The SMILES string of the molecule is CCOc1ccc([C](C)CCl)cc1Cl. The van der Waals surface area contributed by atoms with Crippen molar-refractivity contribution >= 4 is 23.2 Å². The zero-order valence-electron chi connectivity index (χ0n) is 8.31. The standard InChI is InChI=1S/C11H13Cl2O/c1-3-14-11-5-4-9(6-10(11)13)8(2)7-12/h4-6H,3,7H2,1-2H3. The number of ether oxygens (including phenoxy) is 1. The molecule has 0 unspecified atom stereocenters. The molecule has 1 rings (SSSR count). The molecule has 1 radical (unpaired) electrons. The predicted octanol–water partition coefficient (Wildman–Crippen LogP) is 3.92. The molecule has 14 heavy (non-hydrogen) atoms. The van der Waals surface area contributed by atoms with Crippen molar-refractivity contribution in [2.75, 3.05) is 12.5 Å². The van der Waals surface area contributed by atoms with E-state index in [1.165, 1.54) is 0 Å². The van der Waals surface area contributed by atoms with Gasteiger partial charge in [-0.25, -0.2) is 0 Å². The Hall–Kier alpha value is -0.400. The van der Waals surface area contributed by atoms with E-state index in [9.17, 15) is 0 Å². The Balaban J connectivity index is 2.88. The Morgan fingerprint density at radius 2 is 2.14 bits per heavy atom. The maximum Gasteiger partial charge on any atom is 0.137 e. The van der Waals surface area contributed by atoms with Crippen LogP contribution in [0.25, 0.3) is 0 Å². The molecule has 3 heteroatoms. The lowest BCUT2D eigenvalue weighted by Crippen LogP contribution is -1.97. The molecule has 0 heterocycles. The fraction of sp³-hybridized carbons (Fsp3) is 0.364. The van der Waals surface area contributed by atoms with Gasteiger partial charge in [-0.3, -0.25) is 0 Å². The van der Waals surface area contributed by atoms with Crippen LogP contribution in [0.15, 0.2) is 18.2 Å². The molecular formula is C11H13Cl2O. The summed E-state index contributed by atoms with van der Waals surface area (Å²) in [7, 11) is 0. The van der Waals surface area contributed by atoms with Crippen LogP contribution in [0.5, 0.6) is 5.75 Å². The highest BCUT2D eigenvalue weighted by molar-refractivity contribution is 6.32. The molecule has 0 saturated carbocycles. The third kappa shape index (κ3) is 2.79. The Morgan fingerprint density at radius 1 is 1.43 bits per heavy atom. The van der Waals surface area contributed by atoms with Gasteiger partial charge in [0.05, 0.1) is 11.6 Å². The number of alkyl halides is 1. The number of halogens is 2. The quantitative estimate of drug-likeness (QED) is 0.715. The number of rotatable bonds is 4. The van der Waals surface area contributed by atoms with Gasteiger partial charge in [-0.1, -0.05) is 24.6 Å². The van der Waals surface area contributed by atoms with Gasteiger partial charge in [-0.05, 0) is 24.6 Å². The van der Waals surface area contributed by atoms with Gasteiger partial charge in [0.1, 0.15) is 5.75 Å². The van der Waals surface area contributed by atoms with E-state index in [1.54, 1.807) is 0 Å². The third-order valence-electron chi connectivity index (χ3n) is 1.92. The molecule has 0 aliphatic heterocycles. The van der Waals surface area contributed by atoms with E-state index in [4.69, 9.17) is 27.9 Å². The van der Waals surface area contributed by atoms with Gasteiger partial charge in [0, 0.05) is 11.8 Å². The molecule has 0 aliphatic rings. The second-order valence-electron chi connectivity index (χ2n) is 2.99. The van der Waals surface area contributed by atoms with E-state index in [1.807, 2.05) is 32.0 Å². The molecule has 0 aliphatic carbocycles. The summed E-state index contributed by atoms with van der Waals surface area (Å²) in [4.78, 5) is 0. The molecule has 0 saturated heterocycles. The van der Waals surface area contributed by atoms with Crippen molar-refractivity contribution in [2.24, 2.45) is 0 Å². The molecule has 1 aromatic rings. The first-order valence-electron chi connectivity index (χ1n) is 4.50. The third-order valence-corrected chi connectivity index (χ3v) is 2.62. The summed E-state index contributed by atoms with van der Waals surface area (Å²) < 4.78 is 5.33. The summed E-state index contributed by atoms with van der Waals surface area (Å²) >= 11 is 11.8. The molecule has 1 nitrogen and oxygen atoms in total. The minimum absolute atomic E-state index is 0.518. The van der Waals surface area contributed by atoms with Gasteiger partial charge < -0.3 is 4.74 Å². The van der Waals surface area contributed by atoms with Gasteiger partial charge in [0.2, 0.25) is 0 Å². The second-order valence-corrected chi connectivity index (χ2v) is 3.67. The lowest BCUT2D eigenvalue weighted by atomic mass is 10.0. The van der Waals surface area contributed by atoms with Crippen molar-refractivity contribution in [2.45, 2.75) is 13.8 Å². The highest BCUT2D eigenvalue weighted by atomic mass is 35.5. The molecule has 0 atom stereocenters. The van der Waals surface area contributed by atoms with Crippen LogP contribution in [-0.4, -0.2) is 12.5 Å². The van der Waals surface area contributed by atoms with Crippen LogP contribution in [0, 0.1) is 5.92 Å². The highest BCUT2D eigenvalue weighted by Crippen LogP contribution is 2.28. The van der Waals surface area contributed by atoms with E-state index in [0.717, 1.165) is 17.2 Å². The lowest BCUT2D eigenvalue weighted by molar-refractivity contribution is 0.340. The first-order valence-corrected chi connectivity index (χ1v) is 5.41. The van der Waals surface area contributed by atoms with Gasteiger partial charge in [-0.15, -0.1) is 11.6 Å². The van der Waals surface area contributed by atoms with Crippen molar-refractivity contribution in [1.82, 2.24) is 0 Å². The zero-order valence-corrected chi connectivity index (χ0v) is 9.82. The summed E-state index contributed by atoms with van der Waals surface area (Å²) in [5, 5.41) is 0.633. The average Bonchev–Trinajstić information content (AvgIpc) is 2.20. The summed E-state index contributed by atoms with van der Waals surface area (Å²) in [6.07, 6.45) is 0. The Bertz CT molecular complexity index is 299. The topological polar surface area (TPSA) is 9.23 Å². The predicted molar refractivity (Wildman–Crippen MR) is 61.4 cm³/mol. The summed E-state index contributed by atoms with van der Waals surface area (Å²) in [6, 6.07) is 5.72. The largest absolute Gasteiger partial charge is 0.492 e. The van der Waals surface area contributed by atoms with Crippen LogP contribution < -0.4 is 4.74 Å². The molecule has 0 N–H and O–H groups in total. The van der Waals surface area contributed by atoms with Crippen LogP contribution in [0.3, 0.4) is 0 Å². The Kier molecular flexibility index (Phi) is 4.56. The van der Waals surface area contributed by atoms with Gasteiger partial charge in [0.15, 0.2) is 0 Å². The van der Waals surface area contributed by atoms with Crippen molar-refractivity contribution in [3.8, 4) is 5.75 Å². The van der Waals surface area contributed by atoms with Crippen molar-refractivity contribution in [3.05, 3.63) is 34.7 Å². The maximum atomic E-state index is 6.03. The van der Waals surface area contributed by atoms with Crippen LogP contribution in [0.1, 0.15) is 19.4 Å². The van der Waals surface area contributed by atoms with Crippen molar-refractivity contribution in [1.29, 1.82) is 0 Å². The Labute approximate surface area is 95.0 Å². The summed E-state index contributed by atoms with van der Waals surface area (Å²) in [6.45, 7) is 4.54. The molecule has 0 bridgehead atoms. The molecular weight excluding hydrogens is 219 g/mol. The van der Waals surface area contributed by atoms with E-state index in [0.29, 0.717) is 17.5 Å². The van der Waals surface area contributed by atoms with Gasteiger partial charge >= 0.3 is 0 Å². The highest BCUT2D eigenvalue weighted by Gasteiger charge is 2.08. The summed E-state index contributed by atoms with van der Waals surface area (Å²) in [5.74, 6) is 2.35. The number of benzene rings is 1. The van der Waals surface area contributed by atoms with Crippen LogP contribution >= 0.6 is 23.2 Å². The first-order chi connectivity index (χ1) is 6.69. The maximum absolute atomic E-state index is 6.03. The van der Waals surface area contributed by atoms with E-state index in [-0.39, 0.29) is 0 Å². The monoisotopic (exact) mass is 231 g/mol. The fourth-order valence-electron chi connectivity index (χ4n) is 1.12. The minimum Gasteiger partial charge on any atom is -0.492 e. The van der Waals surface area contributed by atoms with E-state index in [2.05, 4.69) is 0 Å². The van der Waals surface area contributed by atoms with Crippen LogP contribution in [0.4, 0.5) is 0 Å². The summed E-state index contributed by atoms with van der Waals surface area (Å²) in [5.41, 5.74) is 1.06. The molecule has 0 aromatic heterocycles. The Morgan fingerprint density at radius 3 is 2.64 bits per heavy atom. The first kappa shape index (κ1) is 11.7. The molecule has 0 spiro atoms. The minimum atomic E-state index is 0.518. The molecule has 1 aromatic carbocycles. The van der Waals surface area contributed by atoms with Crippen molar-refractivity contribution < 1.29 is 4.74 Å². The van der Waals surface area contributed by atoms with Crippen LogP contribution in [-0.2, 0) is 0 Å². The molecule has 0 fully saturated rings. The van der Waals surface area contributed by atoms with E-state index >= 15 is 0 Å². The second kappa shape index (κ2) is 5.47. The number of hydrogen-bond acceptors (Lipinski definition) is 1. The molecule has 77 valence electrons. The van der Waals surface area contributed by atoms with Crippen molar-refractivity contribution in [3.63, 3.8) is 0 Å². The normalized spacial score (nSPS) is 10.6. The van der Waals surface area contributed by atoms with E-state index < -0.39 is 0 Å². The fourth-order valence-corrected chi connectivity index (χ4v) is 1.51. The molecule has 0 amide bonds. The van der Waals surface area contributed by atoms with Crippen LogP contribution in [0.2, 0.25) is 5.02 Å². The zero-order chi connectivity index (χ0) is 10.6.